The average Bonchev–Trinajstić information content (AvgIpc) is 3.29. The van der Waals surface area contributed by atoms with Crippen LogP contribution in [0.1, 0.15) is 40.1 Å². The molecule has 2 aromatic carbocycles. The highest BCUT2D eigenvalue weighted by Crippen LogP contribution is 2.45. The Morgan fingerprint density at radius 1 is 1.00 bits per heavy atom. The number of rotatable bonds is 4. The smallest absolute Gasteiger partial charge is 0.300 e. The second kappa shape index (κ2) is 7.92. The third-order valence-electron chi connectivity index (χ3n) is 5.61. The Balaban J connectivity index is 1.94. The first-order valence-corrected chi connectivity index (χ1v) is 10.8. The van der Waals surface area contributed by atoms with Gasteiger partial charge < -0.3 is 5.11 Å². The fourth-order valence-corrected chi connectivity index (χ4v) is 4.91. The summed E-state index contributed by atoms with van der Waals surface area (Å²) in [5.74, 6) is -1.41. The lowest BCUT2D eigenvalue weighted by atomic mass is 9.97. The molecule has 0 bridgehead atoms. The molecule has 0 saturated carbocycles. The monoisotopic (exact) mass is 417 g/mol. The lowest BCUT2D eigenvalue weighted by Crippen LogP contribution is -2.30. The molecule has 1 atom stereocenters. The van der Waals surface area contributed by atoms with Gasteiger partial charge in [-0.1, -0.05) is 49.4 Å². The molecule has 1 aromatic heterocycles. The molecule has 1 N–H and O–H groups in total. The number of benzene rings is 2. The number of carbonyl (C=O) groups excluding carboxylic acids is 2. The van der Waals surface area contributed by atoms with Crippen LogP contribution in [0, 0.1) is 13.8 Å². The average molecular weight is 418 g/mol. The van der Waals surface area contributed by atoms with Crippen LogP contribution in [-0.2, 0) is 16.0 Å². The lowest BCUT2D eigenvalue weighted by molar-refractivity contribution is -0.132. The number of aryl methyl sites for hydroxylation is 3. The lowest BCUT2D eigenvalue weighted by Gasteiger charge is -2.26. The third-order valence-corrected chi connectivity index (χ3v) is 6.68. The van der Waals surface area contributed by atoms with E-state index in [1.54, 1.807) is 12.1 Å². The topological polar surface area (TPSA) is 57.6 Å². The first-order chi connectivity index (χ1) is 14.4. The van der Waals surface area contributed by atoms with Crippen LogP contribution in [0.4, 0.5) is 5.69 Å². The molecule has 0 spiro atoms. The standard InChI is InChI=1S/C25H23NO3S/c1-4-17-9-11-18(12-10-17)22(27)20-21(24-16(3)13-14-30-24)26(25(29)23(20)28)19-8-6-5-7-15(19)2/h5-14,21,27H,4H2,1-3H3/b22-20-. The second-order valence-electron chi connectivity index (χ2n) is 7.47. The summed E-state index contributed by atoms with van der Waals surface area (Å²) in [7, 11) is 0. The Morgan fingerprint density at radius 3 is 2.30 bits per heavy atom. The number of nitrogens with zero attached hydrogens (tertiary/aromatic N) is 1. The molecular weight excluding hydrogens is 394 g/mol. The molecule has 4 rings (SSSR count). The van der Waals surface area contributed by atoms with Crippen LogP contribution in [0.2, 0.25) is 0 Å². The van der Waals surface area contributed by atoms with Crippen molar-refractivity contribution < 1.29 is 14.7 Å². The van der Waals surface area contributed by atoms with E-state index >= 15 is 0 Å². The molecule has 1 aliphatic heterocycles. The minimum atomic E-state index is -0.659. The van der Waals surface area contributed by atoms with Crippen LogP contribution in [0.3, 0.4) is 0 Å². The molecule has 5 heteroatoms. The largest absolute Gasteiger partial charge is 0.507 e. The molecular formula is C25H23NO3S. The van der Waals surface area contributed by atoms with Crippen molar-refractivity contribution in [2.75, 3.05) is 4.90 Å². The Morgan fingerprint density at radius 2 is 1.70 bits per heavy atom. The first kappa shape index (κ1) is 20.1. The minimum Gasteiger partial charge on any atom is -0.507 e. The minimum absolute atomic E-state index is 0.134. The quantitative estimate of drug-likeness (QED) is 0.344. The van der Waals surface area contributed by atoms with E-state index in [9.17, 15) is 14.7 Å². The zero-order valence-corrected chi connectivity index (χ0v) is 18.0. The van der Waals surface area contributed by atoms with Crippen LogP contribution in [0.15, 0.2) is 65.6 Å². The molecule has 1 aliphatic rings. The number of thiophene rings is 1. The van der Waals surface area contributed by atoms with Gasteiger partial charge in [0.05, 0.1) is 5.57 Å². The maximum Gasteiger partial charge on any atom is 0.300 e. The summed E-state index contributed by atoms with van der Waals surface area (Å²) >= 11 is 1.49. The zero-order valence-electron chi connectivity index (χ0n) is 17.2. The Bertz CT molecular complexity index is 1160. The van der Waals surface area contributed by atoms with Crippen LogP contribution in [0.25, 0.3) is 5.76 Å². The van der Waals surface area contributed by atoms with E-state index in [1.807, 2.05) is 61.7 Å². The van der Waals surface area contributed by atoms with Crippen molar-refractivity contribution >= 4 is 34.5 Å². The number of carbonyl (C=O) groups is 2. The summed E-state index contributed by atoms with van der Waals surface area (Å²) in [5, 5.41) is 13.1. The normalized spacial score (nSPS) is 18.2. The molecule has 1 fully saturated rings. The van der Waals surface area contributed by atoms with Crippen LogP contribution < -0.4 is 4.90 Å². The number of para-hydroxylation sites is 1. The summed E-state index contributed by atoms with van der Waals surface area (Å²) in [6.45, 7) is 5.93. The van der Waals surface area contributed by atoms with Gasteiger partial charge in [0.15, 0.2) is 0 Å². The highest BCUT2D eigenvalue weighted by Gasteiger charge is 2.48. The predicted molar refractivity (Wildman–Crippen MR) is 121 cm³/mol. The van der Waals surface area contributed by atoms with Gasteiger partial charge in [-0.25, -0.2) is 0 Å². The van der Waals surface area contributed by atoms with Gasteiger partial charge in [-0.05, 0) is 54.5 Å². The maximum absolute atomic E-state index is 13.2. The van der Waals surface area contributed by atoms with Gasteiger partial charge in [0.25, 0.3) is 11.7 Å². The number of ketones is 1. The molecule has 1 saturated heterocycles. The summed E-state index contributed by atoms with van der Waals surface area (Å²) in [4.78, 5) is 28.7. The molecule has 1 amide bonds. The molecule has 0 radical (unpaired) electrons. The van der Waals surface area contributed by atoms with Crippen LogP contribution in [0.5, 0.6) is 0 Å². The van der Waals surface area contributed by atoms with Crippen molar-refractivity contribution in [3.8, 4) is 0 Å². The molecule has 0 aliphatic carbocycles. The summed E-state index contributed by atoms with van der Waals surface area (Å²) in [5.41, 5.74) is 4.37. The second-order valence-corrected chi connectivity index (χ2v) is 8.42. The molecule has 3 aromatic rings. The van der Waals surface area contributed by atoms with E-state index in [0.717, 1.165) is 28.0 Å². The van der Waals surface area contributed by atoms with E-state index in [0.29, 0.717) is 11.3 Å². The van der Waals surface area contributed by atoms with Crippen molar-refractivity contribution in [3.63, 3.8) is 0 Å². The summed E-state index contributed by atoms with van der Waals surface area (Å²) < 4.78 is 0. The highest BCUT2D eigenvalue weighted by atomic mass is 32.1. The van der Waals surface area contributed by atoms with Crippen molar-refractivity contribution in [1.29, 1.82) is 0 Å². The summed E-state index contributed by atoms with van der Waals surface area (Å²) in [6.07, 6.45) is 0.882. The number of amides is 1. The maximum atomic E-state index is 13.2. The van der Waals surface area contributed by atoms with Gasteiger partial charge in [0.2, 0.25) is 0 Å². The molecule has 152 valence electrons. The SMILES string of the molecule is CCc1ccc(/C(O)=C2/C(=O)C(=O)N(c3ccccc3C)C2c2sccc2C)cc1. The predicted octanol–water partition coefficient (Wildman–Crippen LogP) is 5.55. The fraction of sp³-hybridized carbons (Fsp3) is 0.200. The Kier molecular flexibility index (Phi) is 5.31. The van der Waals surface area contributed by atoms with Gasteiger partial charge >= 0.3 is 0 Å². The van der Waals surface area contributed by atoms with E-state index in [-0.39, 0.29) is 11.3 Å². The van der Waals surface area contributed by atoms with Gasteiger partial charge in [0, 0.05) is 16.1 Å². The van der Waals surface area contributed by atoms with Gasteiger partial charge in [-0.3, -0.25) is 14.5 Å². The fourth-order valence-electron chi connectivity index (χ4n) is 3.88. The number of hydrogen-bond acceptors (Lipinski definition) is 4. The number of Topliss-reactive ketones (excluding diaryl/α,β-unsaturated/α-hetero) is 1. The van der Waals surface area contributed by atoms with Crippen molar-refractivity contribution in [3.05, 3.63) is 92.7 Å². The number of anilines is 1. The van der Waals surface area contributed by atoms with Crippen molar-refractivity contribution in [1.82, 2.24) is 0 Å². The number of aliphatic hydroxyl groups is 1. The van der Waals surface area contributed by atoms with Crippen molar-refractivity contribution in [2.24, 2.45) is 0 Å². The third kappa shape index (κ3) is 3.25. The van der Waals surface area contributed by atoms with E-state index < -0.39 is 17.7 Å². The van der Waals surface area contributed by atoms with Crippen molar-refractivity contribution in [2.45, 2.75) is 33.2 Å². The van der Waals surface area contributed by atoms with Gasteiger partial charge in [0.1, 0.15) is 11.8 Å². The molecule has 2 heterocycles. The van der Waals surface area contributed by atoms with Crippen LogP contribution in [-0.4, -0.2) is 16.8 Å². The Labute approximate surface area is 180 Å². The van der Waals surface area contributed by atoms with E-state index in [1.165, 1.54) is 16.2 Å². The zero-order chi connectivity index (χ0) is 21.4. The first-order valence-electron chi connectivity index (χ1n) is 9.94. The van der Waals surface area contributed by atoms with E-state index in [2.05, 4.69) is 6.92 Å². The van der Waals surface area contributed by atoms with Crippen LogP contribution >= 0.6 is 11.3 Å². The highest BCUT2D eigenvalue weighted by molar-refractivity contribution is 7.10. The van der Waals surface area contributed by atoms with Gasteiger partial charge in [-0.2, -0.15) is 0 Å². The Hall–Kier alpha value is -3.18. The molecule has 30 heavy (non-hydrogen) atoms. The molecule has 4 nitrogen and oxygen atoms in total. The number of aliphatic hydroxyl groups excluding tert-OH is 1. The van der Waals surface area contributed by atoms with E-state index in [4.69, 9.17) is 0 Å². The van der Waals surface area contributed by atoms with Gasteiger partial charge in [-0.15, -0.1) is 11.3 Å². The molecule has 1 unspecified atom stereocenters. The summed E-state index contributed by atoms with van der Waals surface area (Å²) in [6, 6.07) is 16.3. The number of hydrogen-bond donors (Lipinski definition) is 1.